The zero-order chi connectivity index (χ0) is 13.0. The Labute approximate surface area is 105 Å². The highest BCUT2D eigenvalue weighted by molar-refractivity contribution is 5.30. The van der Waals surface area contributed by atoms with Crippen molar-refractivity contribution in [1.29, 1.82) is 0 Å². The Morgan fingerprint density at radius 3 is 2.67 bits per heavy atom. The Balaban J connectivity index is 2.16. The molecule has 0 amide bonds. The largest absolute Gasteiger partial charge is 0.495 e. The lowest BCUT2D eigenvalue weighted by Crippen LogP contribution is -2.06. The summed E-state index contributed by atoms with van der Waals surface area (Å²) in [5, 5.41) is 10.1. The number of pyridine rings is 1. The lowest BCUT2D eigenvalue weighted by molar-refractivity contribution is 0.169. The molecule has 3 nitrogen and oxygen atoms in total. The highest BCUT2D eigenvalue weighted by atomic mass is 19.1. The Morgan fingerprint density at radius 2 is 2.00 bits per heavy atom. The van der Waals surface area contributed by atoms with Crippen molar-refractivity contribution in [2.24, 2.45) is 0 Å². The molecule has 1 aromatic carbocycles. The molecule has 18 heavy (non-hydrogen) atoms. The van der Waals surface area contributed by atoms with Crippen LogP contribution in [0.5, 0.6) is 5.75 Å². The van der Waals surface area contributed by atoms with Crippen LogP contribution in [0.3, 0.4) is 0 Å². The number of hydrogen-bond acceptors (Lipinski definition) is 3. The van der Waals surface area contributed by atoms with E-state index in [1.165, 1.54) is 19.2 Å². The van der Waals surface area contributed by atoms with E-state index in [2.05, 4.69) is 4.98 Å². The fraction of sp³-hybridized carbons (Fsp3) is 0.214. The van der Waals surface area contributed by atoms with Crippen molar-refractivity contribution in [2.45, 2.75) is 12.5 Å². The van der Waals surface area contributed by atoms with Crippen LogP contribution in [-0.2, 0) is 6.42 Å². The van der Waals surface area contributed by atoms with E-state index in [4.69, 9.17) is 4.74 Å². The summed E-state index contributed by atoms with van der Waals surface area (Å²) in [6.45, 7) is 0. The number of halogens is 1. The van der Waals surface area contributed by atoms with Gasteiger partial charge in [-0.25, -0.2) is 4.39 Å². The van der Waals surface area contributed by atoms with Crippen LogP contribution in [0.1, 0.15) is 17.4 Å². The summed E-state index contributed by atoms with van der Waals surface area (Å²) < 4.78 is 17.9. The molecule has 1 unspecified atom stereocenters. The molecule has 2 aromatic rings. The number of rotatable bonds is 4. The van der Waals surface area contributed by atoms with Gasteiger partial charge in [0.05, 0.1) is 7.11 Å². The number of hydrogen-bond donors (Lipinski definition) is 1. The van der Waals surface area contributed by atoms with Gasteiger partial charge in [-0.05, 0) is 29.8 Å². The van der Waals surface area contributed by atoms with Gasteiger partial charge in [0.15, 0.2) is 0 Å². The molecule has 1 N–H and O–H groups in total. The Morgan fingerprint density at radius 1 is 1.28 bits per heavy atom. The van der Waals surface area contributed by atoms with E-state index in [9.17, 15) is 9.50 Å². The first-order valence-corrected chi connectivity index (χ1v) is 5.62. The number of benzene rings is 1. The van der Waals surface area contributed by atoms with Crippen molar-refractivity contribution in [3.8, 4) is 5.75 Å². The third-order valence-electron chi connectivity index (χ3n) is 2.68. The molecular formula is C14H14FNO2. The van der Waals surface area contributed by atoms with Crippen LogP contribution < -0.4 is 4.74 Å². The van der Waals surface area contributed by atoms with Crippen molar-refractivity contribution < 1.29 is 14.2 Å². The average Bonchev–Trinajstić information content (AvgIpc) is 2.41. The SMILES string of the molecule is COc1cccnc1C(O)Cc1ccc(F)cc1. The van der Waals surface area contributed by atoms with Gasteiger partial charge in [0.2, 0.25) is 0 Å². The summed E-state index contributed by atoms with van der Waals surface area (Å²) in [4.78, 5) is 4.11. The first-order chi connectivity index (χ1) is 8.70. The number of ether oxygens (including phenoxy) is 1. The van der Waals surface area contributed by atoms with Gasteiger partial charge in [-0.3, -0.25) is 4.98 Å². The van der Waals surface area contributed by atoms with Gasteiger partial charge in [0.25, 0.3) is 0 Å². The van der Waals surface area contributed by atoms with E-state index < -0.39 is 6.10 Å². The quantitative estimate of drug-likeness (QED) is 0.902. The van der Waals surface area contributed by atoms with Gasteiger partial charge in [0, 0.05) is 12.6 Å². The molecule has 1 atom stereocenters. The molecule has 2 rings (SSSR count). The van der Waals surface area contributed by atoms with E-state index in [-0.39, 0.29) is 5.82 Å². The van der Waals surface area contributed by atoms with Crippen molar-refractivity contribution >= 4 is 0 Å². The lowest BCUT2D eigenvalue weighted by atomic mass is 10.0. The third-order valence-corrected chi connectivity index (χ3v) is 2.68. The Kier molecular flexibility index (Phi) is 3.89. The van der Waals surface area contributed by atoms with E-state index in [0.29, 0.717) is 17.9 Å². The molecule has 1 heterocycles. The van der Waals surface area contributed by atoms with Crippen LogP contribution in [0.15, 0.2) is 42.6 Å². The van der Waals surface area contributed by atoms with Crippen molar-refractivity contribution in [3.05, 3.63) is 59.7 Å². The summed E-state index contributed by atoms with van der Waals surface area (Å²) in [6.07, 6.45) is 1.20. The van der Waals surface area contributed by atoms with Crippen LogP contribution in [0.25, 0.3) is 0 Å². The topological polar surface area (TPSA) is 42.4 Å². The van der Waals surface area contributed by atoms with Crippen LogP contribution in [0.2, 0.25) is 0 Å². The van der Waals surface area contributed by atoms with Crippen molar-refractivity contribution in [3.63, 3.8) is 0 Å². The van der Waals surface area contributed by atoms with Gasteiger partial charge in [-0.1, -0.05) is 12.1 Å². The maximum Gasteiger partial charge on any atom is 0.143 e. The van der Waals surface area contributed by atoms with E-state index in [1.54, 1.807) is 30.5 Å². The lowest BCUT2D eigenvalue weighted by Gasteiger charge is -2.13. The van der Waals surface area contributed by atoms with Crippen LogP contribution >= 0.6 is 0 Å². The highest BCUT2D eigenvalue weighted by Gasteiger charge is 2.14. The standard InChI is InChI=1S/C14H14FNO2/c1-18-13-3-2-8-16-14(13)12(17)9-10-4-6-11(15)7-5-10/h2-8,12,17H,9H2,1H3. The molecule has 0 saturated carbocycles. The molecular weight excluding hydrogens is 233 g/mol. The van der Waals surface area contributed by atoms with Crippen LogP contribution in [0, 0.1) is 5.82 Å². The molecule has 0 radical (unpaired) electrons. The summed E-state index contributed by atoms with van der Waals surface area (Å²) in [7, 11) is 1.53. The zero-order valence-electron chi connectivity index (χ0n) is 10.0. The van der Waals surface area contributed by atoms with E-state index in [0.717, 1.165) is 5.56 Å². The second-order valence-electron chi connectivity index (χ2n) is 3.94. The Bertz CT molecular complexity index is 513. The molecule has 1 aromatic heterocycles. The predicted molar refractivity (Wildman–Crippen MR) is 65.9 cm³/mol. The smallest absolute Gasteiger partial charge is 0.143 e. The van der Waals surface area contributed by atoms with E-state index >= 15 is 0 Å². The number of nitrogens with zero attached hydrogens (tertiary/aromatic N) is 1. The molecule has 0 bridgehead atoms. The minimum Gasteiger partial charge on any atom is -0.495 e. The number of aliphatic hydroxyl groups is 1. The predicted octanol–water partition coefficient (Wildman–Crippen LogP) is 2.51. The zero-order valence-corrected chi connectivity index (χ0v) is 10.0. The molecule has 0 aliphatic rings. The Hall–Kier alpha value is -1.94. The highest BCUT2D eigenvalue weighted by Crippen LogP contribution is 2.24. The van der Waals surface area contributed by atoms with Crippen molar-refractivity contribution in [1.82, 2.24) is 4.98 Å². The van der Waals surface area contributed by atoms with Gasteiger partial charge in [0.1, 0.15) is 23.4 Å². The molecule has 0 aliphatic carbocycles. The maximum atomic E-state index is 12.8. The third kappa shape index (κ3) is 2.84. The molecule has 4 heteroatoms. The van der Waals surface area contributed by atoms with Gasteiger partial charge in [-0.15, -0.1) is 0 Å². The van der Waals surface area contributed by atoms with Crippen LogP contribution in [-0.4, -0.2) is 17.2 Å². The summed E-state index contributed by atoms with van der Waals surface area (Å²) in [5.41, 5.74) is 1.33. The average molecular weight is 247 g/mol. The summed E-state index contributed by atoms with van der Waals surface area (Å²) in [6, 6.07) is 9.53. The summed E-state index contributed by atoms with van der Waals surface area (Å²) >= 11 is 0. The number of methoxy groups -OCH3 is 1. The molecule has 0 fully saturated rings. The second kappa shape index (κ2) is 5.60. The molecule has 0 aliphatic heterocycles. The van der Waals surface area contributed by atoms with Crippen molar-refractivity contribution in [2.75, 3.05) is 7.11 Å². The first-order valence-electron chi connectivity index (χ1n) is 5.62. The van der Waals surface area contributed by atoms with E-state index in [1.807, 2.05) is 0 Å². The van der Waals surface area contributed by atoms with Gasteiger partial charge in [-0.2, -0.15) is 0 Å². The van der Waals surface area contributed by atoms with Gasteiger partial charge < -0.3 is 9.84 Å². The molecule has 0 spiro atoms. The van der Waals surface area contributed by atoms with Crippen LogP contribution in [0.4, 0.5) is 4.39 Å². The normalized spacial score (nSPS) is 12.2. The second-order valence-corrected chi connectivity index (χ2v) is 3.94. The monoisotopic (exact) mass is 247 g/mol. The fourth-order valence-corrected chi connectivity index (χ4v) is 1.77. The summed E-state index contributed by atoms with van der Waals surface area (Å²) in [5.74, 6) is 0.260. The minimum atomic E-state index is -0.772. The number of aromatic nitrogens is 1. The van der Waals surface area contributed by atoms with Gasteiger partial charge >= 0.3 is 0 Å². The molecule has 0 saturated heterocycles. The fourth-order valence-electron chi connectivity index (χ4n) is 1.77. The maximum absolute atomic E-state index is 12.8. The minimum absolute atomic E-state index is 0.288. The number of aliphatic hydroxyl groups excluding tert-OH is 1. The molecule has 94 valence electrons. The first kappa shape index (κ1) is 12.5.